The van der Waals surface area contributed by atoms with Crippen molar-refractivity contribution in [2.45, 2.75) is 17.0 Å². The van der Waals surface area contributed by atoms with Crippen molar-refractivity contribution in [1.29, 1.82) is 0 Å². The Balaban J connectivity index is 1.61. The van der Waals surface area contributed by atoms with Gasteiger partial charge in [0.15, 0.2) is 0 Å². The van der Waals surface area contributed by atoms with Gasteiger partial charge in [-0.3, -0.25) is 14.4 Å². The largest absolute Gasteiger partial charge is 0.477 e. The smallest absolute Gasteiger partial charge is 0.353 e. The summed E-state index contributed by atoms with van der Waals surface area (Å²) in [6.07, 6.45) is 1.77. The molecular formula is C12H9N3O3S2. The number of carbonyl (C=O) groups is 2. The molecule has 1 fully saturated rings. The third-order valence-electron chi connectivity index (χ3n) is 3.40. The number of thioether (sulfide) groups is 2. The van der Waals surface area contributed by atoms with E-state index < -0.39 is 5.97 Å². The van der Waals surface area contributed by atoms with Crippen LogP contribution in [-0.2, 0) is 21.2 Å². The van der Waals surface area contributed by atoms with Crippen molar-refractivity contribution in [1.82, 2.24) is 14.7 Å². The Kier molecular flexibility index (Phi) is 2.52. The predicted molar refractivity (Wildman–Crippen MR) is 75.4 cm³/mol. The number of carbonyl (C=O) groups excluding carboxylic acids is 1. The van der Waals surface area contributed by atoms with Crippen LogP contribution in [0.1, 0.15) is 11.4 Å². The van der Waals surface area contributed by atoms with Gasteiger partial charge in [0.1, 0.15) is 11.1 Å². The van der Waals surface area contributed by atoms with Crippen molar-refractivity contribution >= 4 is 41.5 Å². The van der Waals surface area contributed by atoms with Crippen LogP contribution in [0, 0.1) is 0 Å². The second-order valence-electron chi connectivity index (χ2n) is 4.61. The molecule has 0 unspecified atom stereocenters. The predicted octanol–water partition coefficient (Wildman–Crippen LogP) is 1.31. The minimum Gasteiger partial charge on any atom is -0.477 e. The number of hydrogen-bond donors (Lipinski definition) is 1. The van der Waals surface area contributed by atoms with Crippen LogP contribution in [0.5, 0.6) is 0 Å². The summed E-state index contributed by atoms with van der Waals surface area (Å²) in [5.74, 6) is 0.488. The number of nitrogens with zero attached hydrogens (tertiary/aromatic N) is 3. The first-order chi connectivity index (χ1) is 9.65. The van der Waals surface area contributed by atoms with Crippen LogP contribution in [0.25, 0.3) is 6.08 Å². The van der Waals surface area contributed by atoms with Crippen LogP contribution < -0.4 is 0 Å². The molecule has 1 saturated heterocycles. The molecular weight excluding hydrogens is 298 g/mol. The van der Waals surface area contributed by atoms with Gasteiger partial charge >= 0.3 is 5.97 Å². The van der Waals surface area contributed by atoms with E-state index in [2.05, 4.69) is 5.10 Å². The molecule has 0 aliphatic carbocycles. The zero-order valence-electron chi connectivity index (χ0n) is 10.1. The maximum absolute atomic E-state index is 12.0. The lowest BCUT2D eigenvalue weighted by Crippen LogP contribution is -2.51. The Morgan fingerprint density at radius 2 is 2.40 bits per heavy atom. The SMILES string of the molecule is O=C(O)C1=CS[C@@H]2/C(=C\c3cc4n(n3)CSC4)C(=O)N12. The van der Waals surface area contributed by atoms with Crippen LogP contribution >= 0.6 is 23.5 Å². The molecule has 102 valence electrons. The second kappa shape index (κ2) is 4.16. The maximum atomic E-state index is 12.0. The summed E-state index contributed by atoms with van der Waals surface area (Å²) >= 11 is 3.15. The summed E-state index contributed by atoms with van der Waals surface area (Å²) in [5, 5.41) is 14.7. The van der Waals surface area contributed by atoms with E-state index in [1.807, 2.05) is 10.7 Å². The van der Waals surface area contributed by atoms with Crippen LogP contribution in [0.2, 0.25) is 0 Å². The van der Waals surface area contributed by atoms with Gasteiger partial charge in [-0.1, -0.05) is 0 Å². The van der Waals surface area contributed by atoms with Crippen LogP contribution in [0.3, 0.4) is 0 Å². The average Bonchev–Trinajstić information content (AvgIpc) is 3.07. The summed E-state index contributed by atoms with van der Waals surface area (Å²) in [6.45, 7) is 0. The molecule has 4 rings (SSSR count). The molecule has 1 atom stereocenters. The molecule has 6 nitrogen and oxygen atoms in total. The number of rotatable bonds is 2. The van der Waals surface area contributed by atoms with Gasteiger partial charge in [0.05, 0.1) is 17.1 Å². The van der Waals surface area contributed by atoms with E-state index in [-0.39, 0.29) is 17.0 Å². The third kappa shape index (κ3) is 1.58. The van der Waals surface area contributed by atoms with Gasteiger partial charge in [-0.05, 0) is 12.1 Å². The number of amides is 1. The van der Waals surface area contributed by atoms with Gasteiger partial charge in [-0.2, -0.15) is 5.10 Å². The van der Waals surface area contributed by atoms with Gasteiger partial charge in [0.25, 0.3) is 5.91 Å². The third-order valence-corrected chi connectivity index (χ3v) is 5.41. The molecule has 20 heavy (non-hydrogen) atoms. The van der Waals surface area contributed by atoms with E-state index in [1.54, 1.807) is 17.8 Å². The van der Waals surface area contributed by atoms with Crippen molar-refractivity contribution in [2.75, 3.05) is 0 Å². The minimum atomic E-state index is -1.06. The Morgan fingerprint density at radius 3 is 3.15 bits per heavy atom. The first-order valence-corrected chi connectivity index (χ1v) is 8.03. The van der Waals surface area contributed by atoms with Gasteiger partial charge in [0, 0.05) is 16.9 Å². The molecule has 0 radical (unpaired) electrons. The normalized spacial score (nSPS) is 25.5. The number of hydrogen-bond acceptors (Lipinski definition) is 5. The molecule has 0 saturated carbocycles. The standard InChI is InChI=1S/C12H9N3O3S2/c16-10-8(11-15(10)9(4-20-11)12(17)18)2-6-1-7-3-19-5-14(7)13-6/h1-2,4,11H,3,5H2,(H,17,18)/b8-2-/t11-/m1/s1. The summed E-state index contributed by atoms with van der Waals surface area (Å²) in [5.41, 5.74) is 2.61. The molecule has 8 heteroatoms. The van der Waals surface area contributed by atoms with E-state index in [1.165, 1.54) is 22.1 Å². The van der Waals surface area contributed by atoms with Gasteiger partial charge in [-0.25, -0.2) is 4.79 Å². The lowest BCUT2D eigenvalue weighted by atomic mass is 10.0. The van der Waals surface area contributed by atoms with Crippen LogP contribution in [0.4, 0.5) is 0 Å². The number of β-lactam (4-membered cyclic amide) rings is 1. The zero-order valence-corrected chi connectivity index (χ0v) is 11.8. The molecule has 1 amide bonds. The van der Waals surface area contributed by atoms with Crippen molar-refractivity contribution in [3.63, 3.8) is 0 Å². The number of aromatic nitrogens is 2. The number of carboxylic acids is 1. The lowest BCUT2D eigenvalue weighted by Gasteiger charge is -2.36. The number of carboxylic acid groups (broad SMARTS) is 1. The van der Waals surface area contributed by atoms with Gasteiger partial charge in [0.2, 0.25) is 0 Å². The lowest BCUT2D eigenvalue weighted by molar-refractivity contribution is -0.141. The van der Waals surface area contributed by atoms with Gasteiger partial charge < -0.3 is 5.11 Å². The van der Waals surface area contributed by atoms with Gasteiger partial charge in [-0.15, -0.1) is 23.5 Å². The molecule has 3 aliphatic rings. The highest BCUT2D eigenvalue weighted by Crippen LogP contribution is 2.45. The molecule has 0 aromatic carbocycles. The van der Waals surface area contributed by atoms with E-state index in [4.69, 9.17) is 5.11 Å². The fourth-order valence-electron chi connectivity index (χ4n) is 2.44. The van der Waals surface area contributed by atoms with Crippen molar-refractivity contribution in [3.8, 4) is 0 Å². The van der Waals surface area contributed by atoms with Crippen LogP contribution in [-0.4, -0.2) is 37.0 Å². The first kappa shape index (κ1) is 12.1. The maximum Gasteiger partial charge on any atom is 0.353 e. The molecule has 3 aliphatic heterocycles. The Bertz CT molecular complexity index is 685. The van der Waals surface area contributed by atoms with E-state index in [0.29, 0.717) is 5.57 Å². The van der Waals surface area contributed by atoms with E-state index >= 15 is 0 Å². The second-order valence-corrected chi connectivity index (χ2v) is 6.52. The molecule has 1 aromatic heterocycles. The molecule has 0 bridgehead atoms. The first-order valence-electron chi connectivity index (χ1n) is 5.94. The van der Waals surface area contributed by atoms with Crippen molar-refractivity contribution < 1.29 is 14.7 Å². The molecule has 0 spiro atoms. The molecule has 1 N–H and O–H groups in total. The van der Waals surface area contributed by atoms with E-state index in [9.17, 15) is 9.59 Å². The summed E-state index contributed by atoms with van der Waals surface area (Å²) < 4.78 is 1.93. The highest BCUT2D eigenvalue weighted by atomic mass is 32.2. The highest BCUT2D eigenvalue weighted by molar-refractivity contribution is 8.03. The summed E-state index contributed by atoms with van der Waals surface area (Å²) in [7, 11) is 0. The average molecular weight is 307 g/mol. The van der Waals surface area contributed by atoms with Crippen molar-refractivity contribution in [3.05, 3.63) is 34.1 Å². The molecule has 1 aromatic rings. The van der Waals surface area contributed by atoms with Crippen LogP contribution in [0.15, 0.2) is 22.7 Å². The Morgan fingerprint density at radius 1 is 1.55 bits per heavy atom. The quantitative estimate of drug-likeness (QED) is 0.656. The Hall–Kier alpha value is -1.67. The summed E-state index contributed by atoms with van der Waals surface area (Å²) in [6, 6.07) is 1.98. The topological polar surface area (TPSA) is 75.4 Å². The van der Waals surface area contributed by atoms with E-state index in [0.717, 1.165) is 23.0 Å². The fourth-order valence-corrected chi connectivity index (χ4v) is 4.49. The molecule has 4 heterocycles. The number of fused-ring (bicyclic) bond motifs is 2. The zero-order chi connectivity index (χ0) is 13.9. The van der Waals surface area contributed by atoms with Crippen molar-refractivity contribution in [2.24, 2.45) is 0 Å². The summed E-state index contributed by atoms with van der Waals surface area (Å²) in [4.78, 5) is 24.3. The monoisotopic (exact) mass is 307 g/mol. The fraction of sp³-hybridized carbons (Fsp3) is 0.250. The Labute approximate surface area is 122 Å². The highest BCUT2D eigenvalue weighted by Gasteiger charge is 2.49. The number of aliphatic carboxylic acids is 1. The minimum absolute atomic E-state index is 0.0610.